The quantitative estimate of drug-likeness (QED) is 0.865. The molecule has 1 aromatic heterocycles. The predicted octanol–water partition coefficient (Wildman–Crippen LogP) is 3.80. The van der Waals surface area contributed by atoms with E-state index in [-0.39, 0.29) is 0 Å². The molecule has 0 fully saturated rings. The van der Waals surface area contributed by atoms with Crippen molar-refractivity contribution in [1.82, 2.24) is 9.88 Å². The first-order valence-electron chi connectivity index (χ1n) is 6.73. The molecular formula is C16H24N2. The first kappa shape index (κ1) is 13.2. The maximum absolute atomic E-state index is 3.26. The number of para-hydroxylation sites is 1. The number of nitrogens with one attached hydrogen (secondary N) is 1. The Bertz CT molecular complexity index is 517. The highest BCUT2D eigenvalue weighted by molar-refractivity contribution is 5.81. The first-order valence-corrected chi connectivity index (χ1v) is 6.73. The van der Waals surface area contributed by atoms with E-state index in [9.17, 15) is 0 Å². The van der Waals surface area contributed by atoms with Gasteiger partial charge in [-0.15, -0.1) is 0 Å². The molecule has 0 saturated heterocycles. The van der Waals surface area contributed by atoms with Crippen molar-refractivity contribution < 1.29 is 0 Å². The van der Waals surface area contributed by atoms with Crippen molar-refractivity contribution in [3.8, 4) is 0 Å². The zero-order valence-electron chi connectivity index (χ0n) is 12.0. The third-order valence-electron chi connectivity index (χ3n) is 3.34. The molecule has 0 radical (unpaired) electrons. The maximum atomic E-state index is 3.26. The molecular weight excluding hydrogens is 220 g/mol. The number of fused-ring (bicyclic) bond motifs is 1. The molecule has 0 atom stereocenters. The van der Waals surface area contributed by atoms with Gasteiger partial charge in [0.2, 0.25) is 0 Å². The van der Waals surface area contributed by atoms with Gasteiger partial charge in [-0.2, -0.15) is 0 Å². The highest BCUT2D eigenvalue weighted by Crippen LogP contribution is 2.24. The van der Waals surface area contributed by atoms with E-state index in [4.69, 9.17) is 0 Å². The zero-order chi connectivity index (χ0) is 13.2. The lowest BCUT2D eigenvalue weighted by atomic mass is 9.92. The summed E-state index contributed by atoms with van der Waals surface area (Å²) in [5.74, 6) is 0. The summed E-state index contributed by atoms with van der Waals surface area (Å²) in [5.41, 5.74) is 3.11. The second-order valence-electron chi connectivity index (χ2n) is 6.19. The molecule has 2 aromatic rings. The Kier molecular flexibility index (Phi) is 3.76. The number of benzene rings is 1. The van der Waals surface area contributed by atoms with Crippen molar-refractivity contribution in [2.45, 2.75) is 40.3 Å². The fraction of sp³-hybridized carbons (Fsp3) is 0.500. The van der Waals surface area contributed by atoms with Gasteiger partial charge in [0.25, 0.3) is 0 Å². The number of hydrogen-bond donors (Lipinski definition) is 1. The smallest absolute Gasteiger partial charge is 0.0482 e. The van der Waals surface area contributed by atoms with Crippen LogP contribution in [-0.4, -0.2) is 11.6 Å². The van der Waals surface area contributed by atoms with Crippen LogP contribution in [0.4, 0.5) is 0 Å². The van der Waals surface area contributed by atoms with Gasteiger partial charge in [-0.1, -0.05) is 39.0 Å². The molecule has 0 aliphatic rings. The molecule has 1 heterocycles. The van der Waals surface area contributed by atoms with Crippen LogP contribution in [0, 0.1) is 5.41 Å². The van der Waals surface area contributed by atoms with Gasteiger partial charge in [0.15, 0.2) is 0 Å². The van der Waals surface area contributed by atoms with Crippen molar-refractivity contribution in [2.24, 2.45) is 5.41 Å². The lowest BCUT2D eigenvalue weighted by molar-refractivity contribution is 0.350. The van der Waals surface area contributed by atoms with Gasteiger partial charge in [-0.3, -0.25) is 0 Å². The van der Waals surface area contributed by atoms with Crippen LogP contribution in [0.5, 0.6) is 0 Å². The molecule has 0 unspecified atom stereocenters. The average molecular weight is 244 g/mol. The summed E-state index contributed by atoms with van der Waals surface area (Å²) < 4.78 is 2.46. The van der Waals surface area contributed by atoms with Crippen LogP contribution >= 0.6 is 0 Å². The third kappa shape index (κ3) is 2.94. The maximum Gasteiger partial charge on any atom is 0.0482 e. The van der Waals surface area contributed by atoms with Gasteiger partial charge in [0, 0.05) is 24.3 Å². The lowest BCUT2D eigenvalue weighted by Crippen LogP contribution is -2.15. The standard InChI is InChI=1S/C16H24N2/c1-16(2,3)9-10-18-14(12-17-4)11-13-7-5-6-8-15(13)18/h5-8,11,17H,9-10,12H2,1-4H3. The fourth-order valence-corrected chi connectivity index (χ4v) is 2.31. The summed E-state index contributed by atoms with van der Waals surface area (Å²) in [5, 5.41) is 4.61. The van der Waals surface area contributed by atoms with Crippen LogP contribution in [0.3, 0.4) is 0 Å². The van der Waals surface area contributed by atoms with E-state index in [1.165, 1.54) is 23.0 Å². The first-order chi connectivity index (χ1) is 8.51. The Morgan fingerprint density at radius 2 is 1.89 bits per heavy atom. The monoisotopic (exact) mass is 244 g/mol. The largest absolute Gasteiger partial charge is 0.343 e. The number of aromatic nitrogens is 1. The molecule has 1 N–H and O–H groups in total. The highest BCUT2D eigenvalue weighted by Gasteiger charge is 2.13. The average Bonchev–Trinajstić information content (AvgIpc) is 2.63. The fourth-order valence-electron chi connectivity index (χ4n) is 2.31. The summed E-state index contributed by atoms with van der Waals surface area (Å²) >= 11 is 0. The van der Waals surface area contributed by atoms with Gasteiger partial charge in [0.1, 0.15) is 0 Å². The molecule has 0 spiro atoms. The summed E-state index contributed by atoms with van der Waals surface area (Å²) in [6.45, 7) is 8.93. The highest BCUT2D eigenvalue weighted by atomic mass is 15.0. The van der Waals surface area contributed by atoms with Crippen molar-refractivity contribution >= 4 is 10.9 Å². The number of hydrogen-bond acceptors (Lipinski definition) is 1. The molecule has 0 saturated carbocycles. The summed E-state index contributed by atoms with van der Waals surface area (Å²) in [6, 6.07) is 11.0. The van der Waals surface area contributed by atoms with Gasteiger partial charge in [0.05, 0.1) is 0 Å². The molecule has 2 heteroatoms. The normalized spacial score (nSPS) is 12.2. The Hall–Kier alpha value is -1.28. The molecule has 98 valence electrons. The van der Waals surface area contributed by atoms with Crippen molar-refractivity contribution in [3.63, 3.8) is 0 Å². The molecule has 0 bridgehead atoms. The van der Waals surface area contributed by atoms with E-state index < -0.39 is 0 Å². The van der Waals surface area contributed by atoms with E-state index >= 15 is 0 Å². The molecule has 1 aromatic carbocycles. The van der Waals surface area contributed by atoms with Gasteiger partial charge in [-0.05, 0) is 36.4 Å². The lowest BCUT2D eigenvalue weighted by Gasteiger charge is -2.20. The number of aryl methyl sites for hydroxylation is 1. The minimum absolute atomic E-state index is 0.377. The minimum atomic E-state index is 0.377. The van der Waals surface area contributed by atoms with Gasteiger partial charge in [-0.25, -0.2) is 0 Å². The number of nitrogens with zero attached hydrogens (tertiary/aromatic N) is 1. The molecule has 18 heavy (non-hydrogen) atoms. The zero-order valence-corrected chi connectivity index (χ0v) is 12.0. The summed E-state index contributed by atoms with van der Waals surface area (Å²) in [6.07, 6.45) is 1.20. The van der Waals surface area contributed by atoms with Crippen LogP contribution in [-0.2, 0) is 13.1 Å². The van der Waals surface area contributed by atoms with Gasteiger partial charge >= 0.3 is 0 Å². The summed E-state index contributed by atoms with van der Waals surface area (Å²) in [4.78, 5) is 0. The topological polar surface area (TPSA) is 17.0 Å². The van der Waals surface area contributed by atoms with E-state index in [0.29, 0.717) is 5.41 Å². The summed E-state index contributed by atoms with van der Waals surface area (Å²) in [7, 11) is 2.01. The molecule has 2 rings (SSSR count). The Labute approximate surface area is 110 Å². The minimum Gasteiger partial charge on any atom is -0.343 e. The van der Waals surface area contributed by atoms with Crippen LogP contribution in [0.1, 0.15) is 32.9 Å². The third-order valence-corrected chi connectivity index (χ3v) is 3.34. The number of rotatable bonds is 4. The second-order valence-corrected chi connectivity index (χ2v) is 6.19. The Balaban J connectivity index is 2.35. The van der Waals surface area contributed by atoms with E-state index in [1.807, 2.05) is 7.05 Å². The van der Waals surface area contributed by atoms with Crippen molar-refractivity contribution in [3.05, 3.63) is 36.0 Å². The van der Waals surface area contributed by atoms with Crippen LogP contribution in [0.2, 0.25) is 0 Å². The van der Waals surface area contributed by atoms with Crippen LogP contribution < -0.4 is 5.32 Å². The SMILES string of the molecule is CNCc1cc2ccccc2n1CCC(C)(C)C. The van der Waals surface area contributed by atoms with Crippen molar-refractivity contribution in [2.75, 3.05) is 7.05 Å². The van der Waals surface area contributed by atoms with E-state index in [2.05, 4.69) is 61.0 Å². The predicted molar refractivity (Wildman–Crippen MR) is 78.8 cm³/mol. The van der Waals surface area contributed by atoms with Crippen molar-refractivity contribution in [1.29, 1.82) is 0 Å². The molecule has 2 nitrogen and oxygen atoms in total. The Morgan fingerprint density at radius 1 is 1.17 bits per heavy atom. The van der Waals surface area contributed by atoms with E-state index in [1.54, 1.807) is 0 Å². The Morgan fingerprint density at radius 3 is 2.56 bits per heavy atom. The van der Waals surface area contributed by atoms with Crippen LogP contribution in [0.15, 0.2) is 30.3 Å². The van der Waals surface area contributed by atoms with E-state index in [0.717, 1.165) is 13.1 Å². The molecule has 0 amide bonds. The van der Waals surface area contributed by atoms with Gasteiger partial charge < -0.3 is 9.88 Å². The van der Waals surface area contributed by atoms with Crippen LogP contribution in [0.25, 0.3) is 10.9 Å². The molecule has 0 aliphatic heterocycles. The second kappa shape index (κ2) is 5.15. The molecule has 0 aliphatic carbocycles.